The summed E-state index contributed by atoms with van der Waals surface area (Å²) in [4.78, 5) is 14.5. The Bertz CT molecular complexity index is 536. The summed E-state index contributed by atoms with van der Waals surface area (Å²) in [6.45, 7) is 1.71. The Balaban J connectivity index is 1.39. The van der Waals surface area contributed by atoms with Crippen LogP contribution in [0.4, 0.5) is 0 Å². The van der Waals surface area contributed by atoms with Crippen molar-refractivity contribution in [1.29, 1.82) is 0 Å². The normalized spacial score (nSPS) is 26.6. The number of amides is 1. The Kier molecular flexibility index (Phi) is 6.70. The van der Waals surface area contributed by atoms with Crippen molar-refractivity contribution >= 4 is 5.91 Å². The van der Waals surface area contributed by atoms with E-state index in [1.54, 1.807) is 0 Å². The molecule has 3 rings (SSSR count). The number of aliphatic hydroxyl groups is 1. The van der Waals surface area contributed by atoms with Gasteiger partial charge in [0.15, 0.2) is 0 Å². The van der Waals surface area contributed by atoms with Gasteiger partial charge in [-0.25, -0.2) is 0 Å². The van der Waals surface area contributed by atoms with Crippen LogP contribution < -0.4 is 4.74 Å². The fourth-order valence-electron chi connectivity index (χ4n) is 4.11. The van der Waals surface area contributed by atoms with Gasteiger partial charge in [-0.1, -0.05) is 31.0 Å². The van der Waals surface area contributed by atoms with Crippen LogP contribution in [0.1, 0.15) is 38.5 Å². The molecule has 5 heteroatoms. The van der Waals surface area contributed by atoms with Crippen LogP contribution in [0.3, 0.4) is 0 Å². The van der Waals surface area contributed by atoms with Crippen LogP contribution in [0.15, 0.2) is 30.3 Å². The van der Waals surface area contributed by atoms with E-state index in [0.717, 1.165) is 50.8 Å². The highest BCUT2D eigenvalue weighted by atomic mass is 16.5. The number of carbonyl (C=O) groups excluding carboxylic acids is 1. The number of carbonyl (C=O) groups is 1. The first-order chi connectivity index (χ1) is 12.3. The van der Waals surface area contributed by atoms with Crippen LogP contribution in [0.25, 0.3) is 0 Å². The fraction of sp³-hybridized carbons (Fsp3) is 0.650. The number of hydrogen-bond donors (Lipinski definition) is 1. The molecule has 0 unspecified atom stereocenters. The second-order valence-corrected chi connectivity index (χ2v) is 7.03. The lowest BCUT2D eigenvalue weighted by Crippen LogP contribution is -2.46. The quantitative estimate of drug-likeness (QED) is 0.771. The second kappa shape index (κ2) is 9.20. The van der Waals surface area contributed by atoms with Crippen molar-refractivity contribution in [3.8, 4) is 5.75 Å². The van der Waals surface area contributed by atoms with E-state index >= 15 is 0 Å². The zero-order valence-corrected chi connectivity index (χ0v) is 14.8. The maximum atomic E-state index is 12.5. The van der Waals surface area contributed by atoms with Gasteiger partial charge < -0.3 is 19.5 Å². The summed E-state index contributed by atoms with van der Waals surface area (Å²) in [6, 6.07) is 9.77. The molecule has 1 aliphatic heterocycles. The standard InChI is InChI=1S/C20H29NO4/c22-19-11-5-4-9-17(19)18-10-6-12-21(18)20(23)15-24-13-14-25-16-7-2-1-3-8-16/h1-3,7-8,17-19,22H,4-6,9-15H2/t17-,18-,19+/m1/s1. The Morgan fingerprint density at radius 3 is 2.68 bits per heavy atom. The first-order valence-corrected chi connectivity index (χ1v) is 9.49. The molecule has 25 heavy (non-hydrogen) atoms. The predicted octanol–water partition coefficient (Wildman–Crippen LogP) is 2.62. The highest BCUT2D eigenvalue weighted by molar-refractivity contribution is 5.78. The molecule has 1 aliphatic carbocycles. The van der Waals surface area contributed by atoms with Crippen molar-refractivity contribution in [1.82, 2.24) is 4.90 Å². The Morgan fingerprint density at radius 1 is 1.08 bits per heavy atom. The van der Waals surface area contributed by atoms with Crippen LogP contribution in [0.5, 0.6) is 5.75 Å². The van der Waals surface area contributed by atoms with E-state index in [1.807, 2.05) is 35.2 Å². The first kappa shape index (κ1) is 18.2. The van der Waals surface area contributed by atoms with E-state index in [1.165, 1.54) is 0 Å². The lowest BCUT2D eigenvalue weighted by Gasteiger charge is -2.37. The molecule has 3 atom stereocenters. The molecule has 1 N–H and O–H groups in total. The summed E-state index contributed by atoms with van der Waals surface area (Å²) < 4.78 is 11.1. The smallest absolute Gasteiger partial charge is 0.248 e. The predicted molar refractivity (Wildman–Crippen MR) is 95.5 cm³/mol. The second-order valence-electron chi connectivity index (χ2n) is 7.03. The molecule has 2 aliphatic rings. The number of aliphatic hydroxyl groups excluding tert-OH is 1. The largest absolute Gasteiger partial charge is 0.491 e. The number of rotatable bonds is 7. The van der Waals surface area contributed by atoms with Crippen molar-refractivity contribution < 1.29 is 19.4 Å². The molecule has 1 heterocycles. The Labute approximate surface area is 149 Å². The number of para-hydroxylation sites is 1. The molecule has 1 aromatic rings. The van der Waals surface area contributed by atoms with Gasteiger partial charge in [0.25, 0.3) is 0 Å². The van der Waals surface area contributed by atoms with E-state index in [2.05, 4.69) is 0 Å². The summed E-state index contributed by atoms with van der Waals surface area (Å²) in [5, 5.41) is 10.3. The highest BCUT2D eigenvalue weighted by Crippen LogP contribution is 2.34. The van der Waals surface area contributed by atoms with Crippen LogP contribution in [0.2, 0.25) is 0 Å². The minimum absolute atomic E-state index is 0.0417. The molecule has 0 bridgehead atoms. The summed E-state index contributed by atoms with van der Waals surface area (Å²) in [5.41, 5.74) is 0. The molecular formula is C20H29NO4. The van der Waals surface area contributed by atoms with E-state index < -0.39 is 0 Å². The third kappa shape index (κ3) is 4.95. The van der Waals surface area contributed by atoms with E-state index in [0.29, 0.717) is 13.2 Å². The summed E-state index contributed by atoms with van der Waals surface area (Å²) >= 11 is 0. The number of hydrogen-bond acceptors (Lipinski definition) is 4. The SMILES string of the molecule is O=C(COCCOc1ccccc1)N1CCC[C@@H]1[C@H]1CCCC[C@@H]1O. The maximum Gasteiger partial charge on any atom is 0.248 e. The van der Waals surface area contributed by atoms with Crippen LogP contribution in [-0.4, -0.2) is 54.4 Å². The topological polar surface area (TPSA) is 59.0 Å². The number of ether oxygens (including phenoxy) is 2. The first-order valence-electron chi connectivity index (χ1n) is 9.49. The zero-order valence-electron chi connectivity index (χ0n) is 14.8. The molecular weight excluding hydrogens is 318 g/mol. The molecule has 0 aromatic heterocycles. The van der Waals surface area contributed by atoms with Gasteiger partial charge in [0.1, 0.15) is 19.0 Å². The van der Waals surface area contributed by atoms with Gasteiger partial charge >= 0.3 is 0 Å². The van der Waals surface area contributed by atoms with Gasteiger partial charge in [0.05, 0.1) is 12.7 Å². The van der Waals surface area contributed by atoms with Crippen LogP contribution in [0, 0.1) is 5.92 Å². The van der Waals surface area contributed by atoms with Gasteiger partial charge in [-0.15, -0.1) is 0 Å². The van der Waals surface area contributed by atoms with Gasteiger partial charge in [-0.2, -0.15) is 0 Å². The number of benzene rings is 1. The van der Waals surface area contributed by atoms with Gasteiger partial charge in [0.2, 0.25) is 5.91 Å². The average Bonchev–Trinajstić information content (AvgIpc) is 3.12. The average molecular weight is 347 g/mol. The Hall–Kier alpha value is -1.59. The third-order valence-corrected chi connectivity index (χ3v) is 5.36. The minimum atomic E-state index is -0.257. The Morgan fingerprint density at radius 2 is 1.88 bits per heavy atom. The number of nitrogens with zero attached hydrogens (tertiary/aromatic N) is 1. The van der Waals surface area contributed by atoms with Crippen molar-refractivity contribution in [2.24, 2.45) is 5.92 Å². The fourth-order valence-corrected chi connectivity index (χ4v) is 4.11. The molecule has 2 fully saturated rings. The lowest BCUT2D eigenvalue weighted by atomic mass is 9.80. The third-order valence-electron chi connectivity index (χ3n) is 5.36. The lowest BCUT2D eigenvalue weighted by molar-refractivity contribution is -0.139. The molecule has 138 valence electrons. The zero-order chi connectivity index (χ0) is 17.5. The summed E-state index contributed by atoms with van der Waals surface area (Å²) in [5.74, 6) is 1.09. The van der Waals surface area contributed by atoms with Crippen molar-refractivity contribution in [2.75, 3.05) is 26.4 Å². The summed E-state index contributed by atoms with van der Waals surface area (Å²) in [6.07, 6.45) is 5.93. The van der Waals surface area contributed by atoms with Gasteiger partial charge in [-0.3, -0.25) is 4.79 Å². The molecule has 0 spiro atoms. The minimum Gasteiger partial charge on any atom is -0.491 e. The highest BCUT2D eigenvalue weighted by Gasteiger charge is 2.38. The number of likely N-dealkylation sites (tertiary alicyclic amines) is 1. The van der Waals surface area contributed by atoms with E-state index in [4.69, 9.17) is 9.47 Å². The van der Waals surface area contributed by atoms with Gasteiger partial charge in [-0.05, 0) is 37.8 Å². The van der Waals surface area contributed by atoms with Crippen LogP contribution in [-0.2, 0) is 9.53 Å². The molecule has 1 saturated carbocycles. The van der Waals surface area contributed by atoms with Crippen LogP contribution >= 0.6 is 0 Å². The van der Waals surface area contributed by atoms with Crippen molar-refractivity contribution in [3.63, 3.8) is 0 Å². The van der Waals surface area contributed by atoms with Gasteiger partial charge in [0, 0.05) is 18.5 Å². The maximum absolute atomic E-state index is 12.5. The molecule has 0 radical (unpaired) electrons. The van der Waals surface area contributed by atoms with E-state index in [-0.39, 0.29) is 30.6 Å². The molecule has 5 nitrogen and oxygen atoms in total. The summed E-state index contributed by atoms with van der Waals surface area (Å²) in [7, 11) is 0. The van der Waals surface area contributed by atoms with E-state index in [9.17, 15) is 9.90 Å². The molecule has 1 amide bonds. The van der Waals surface area contributed by atoms with Crippen molar-refractivity contribution in [3.05, 3.63) is 30.3 Å². The molecule has 1 aromatic carbocycles. The molecule has 1 saturated heterocycles. The van der Waals surface area contributed by atoms with Crippen molar-refractivity contribution in [2.45, 2.75) is 50.7 Å². The monoisotopic (exact) mass is 347 g/mol.